The Hall–Kier alpha value is -1.09. The molecule has 17 heavy (non-hydrogen) atoms. The molecule has 2 rings (SSSR count). The van der Waals surface area contributed by atoms with E-state index in [4.69, 9.17) is 4.74 Å². The maximum Gasteiger partial charge on any atom is 0.137 e. The zero-order valence-corrected chi connectivity index (χ0v) is 10.6. The second-order valence-corrected chi connectivity index (χ2v) is 4.89. The molecule has 1 N–H and O–H groups in total. The van der Waals surface area contributed by atoms with Gasteiger partial charge in [-0.15, -0.1) is 0 Å². The van der Waals surface area contributed by atoms with Gasteiger partial charge in [0.25, 0.3) is 0 Å². The zero-order valence-electron chi connectivity index (χ0n) is 10.6. The van der Waals surface area contributed by atoms with Gasteiger partial charge in [0.05, 0.1) is 18.4 Å². The van der Waals surface area contributed by atoms with E-state index in [2.05, 4.69) is 11.9 Å². The van der Waals surface area contributed by atoms with Gasteiger partial charge in [0.1, 0.15) is 5.75 Å². The number of pyridine rings is 1. The van der Waals surface area contributed by atoms with Gasteiger partial charge in [-0.3, -0.25) is 4.98 Å². The lowest BCUT2D eigenvalue weighted by Crippen LogP contribution is -2.22. The third kappa shape index (κ3) is 2.60. The van der Waals surface area contributed by atoms with Crippen molar-refractivity contribution in [2.24, 2.45) is 5.92 Å². The molecule has 0 spiro atoms. The smallest absolute Gasteiger partial charge is 0.137 e. The van der Waals surface area contributed by atoms with Crippen LogP contribution in [0.25, 0.3) is 0 Å². The summed E-state index contributed by atoms with van der Waals surface area (Å²) in [5.41, 5.74) is 0.209. The molecule has 3 nitrogen and oxygen atoms in total. The summed E-state index contributed by atoms with van der Waals surface area (Å²) in [6.45, 7) is 4.76. The van der Waals surface area contributed by atoms with Crippen LogP contribution in [0.1, 0.15) is 45.1 Å². The third-order valence-electron chi connectivity index (χ3n) is 3.73. The molecule has 1 fully saturated rings. The Bertz CT molecular complexity index is 380. The first-order chi connectivity index (χ1) is 8.18. The molecule has 0 aromatic carbocycles. The zero-order chi connectivity index (χ0) is 12.3. The molecule has 1 aliphatic carbocycles. The summed E-state index contributed by atoms with van der Waals surface area (Å²) < 4.78 is 5.43. The van der Waals surface area contributed by atoms with Gasteiger partial charge in [0.2, 0.25) is 0 Å². The minimum absolute atomic E-state index is 0.626. The topological polar surface area (TPSA) is 42.4 Å². The van der Waals surface area contributed by atoms with Crippen LogP contribution in [0.3, 0.4) is 0 Å². The van der Waals surface area contributed by atoms with Gasteiger partial charge in [-0.2, -0.15) is 0 Å². The quantitative estimate of drug-likeness (QED) is 0.872. The molecule has 2 atom stereocenters. The Morgan fingerprint density at radius 3 is 2.94 bits per heavy atom. The van der Waals surface area contributed by atoms with Gasteiger partial charge >= 0.3 is 0 Å². The summed E-state index contributed by atoms with van der Waals surface area (Å²) >= 11 is 0. The first kappa shape index (κ1) is 12.4. The Labute approximate surface area is 103 Å². The maximum atomic E-state index is 10.7. The second-order valence-electron chi connectivity index (χ2n) is 4.89. The number of ether oxygens (including phenoxy) is 1. The van der Waals surface area contributed by atoms with E-state index >= 15 is 0 Å². The SMILES string of the molecule is CCOc1cncc(C2(O)CCC(CC)C2)c1. The van der Waals surface area contributed by atoms with Gasteiger partial charge in [-0.05, 0) is 38.2 Å². The number of hydrogen-bond acceptors (Lipinski definition) is 3. The van der Waals surface area contributed by atoms with E-state index in [1.807, 2.05) is 13.0 Å². The monoisotopic (exact) mass is 235 g/mol. The van der Waals surface area contributed by atoms with Crippen LogP contribution in [0.4, 0.5) is 0 Å². The van der Waals surface area contributed by atoms with Crippen molar-refractivity contribution in [3.05, 3.63) is 24.0 Å². The van der Waals surface area contributed by atoms with Crippen LogP contribution < -0.4 is 4.74 Å². The molecule has 0 saturated heterocycles. The minimum atomic E-state index is -0.694. The van der Waals surface area contributed by atoms with Crippen LogP contribution in [0.2, 0.25) is 0 Å². The number of nitrogens with zero attached hydrogens (tertiary/aromatic N) is 1. The van der Waals surface area contributed by atoms with Crippen LogP contribution >= 0.6 is 0 Å². The number of hydrogen-bond donors (Lipinski definition) is 1. The fraction of sp³-hybridized carbons (Fsp3) is 0.643. The number of aliphatic hydroxyl groups is 1. The summed E-state index contributed by atoms with van der Waals surface area (Å²) in [6.07, 6.45) is 7.39. The molecule has 0 amide bonds. The Morgan fingerprint density at radius 2 is 2.29 bits per heavy atom. The summed E-state index contributed by atoms with van der Waals surface area (Å²) in [7, 11) is 0. The molecule has 94 valence electrons. The fourth-order valence-electron chi connectivity index (χ4n) is 2.65. The largest absolute Gasteiger partial charge is 0.492 e. The van der Waals surface area contributed by atoms with Crippen molar-refractivity contribution in [2.45, 2.75) is 45.1 Å². The molecule has 0 radical (unpaired) electrons. The first-order valence-corrected chi connectivity index (χ1v) is 6.48. The van der Waals surface area contributed by atoms with Crippen LogP contribution in [0.5, 0.6) is 5.75 Å². The van der Waals surface area contributed by atoms with E-state index in [0.717, 1.165) is 37.0 Å². The molecule has 1 aromatic rings. The Balaban J connectivity index is 2.18. The molecule has 1 saturated carbocycles. The van der Waals surface area contributed by atoms with E-state index in [0.29, 0.717) is 12.5 Å². The highest BCUT2D eigenvalue weighted by molar-refractivity contribution is 5.29. The highest BCUT2D eigenvalue weighted by Crippen LogP contribution is 2.43. The number of aromatic nitrogens is 1. The summed E-state index contributed by atoms with van der Waals surface area (Å²) in [5.74, 6) is 1.38. The molecule has 1 aromatic heterocycles. The molecule has 1 aliphatic rings. The summed E-state index contributed by atoms with van der Waals surface area (Å²) in [6, 6.07) is 1.93. The molecule has 0 aliphatic heterocycles. The highest BCUT2D eigenvalue weighted by atomic mass is 16.5. The van der Waals surface area contributed by atoms with Crippen LogP contribution in [0, 0.1) is 5.92 Å². The highest BCUT2D eigenvalue weighted by Gasteiger charge is 2.38. The van der Waals surface area contributed by atoms with Gasteiger partial charge in [-0.1, -0.05) is 13.3 Å². The van der Waals surface area contributed by atoms with Crippen LogP contribution in [-0.2, 0) is 5.60 Å². The van der Waals surface area contributed by atoms with Gasteiger partial charge in [0.15, 0.2) is 0 Å². The lowest BCUT2D eigenvalue weighted by molar-refractivity contribution is 0.0392. The van der Waals surface area contributed by atoms with E-state index in [1.54, 1.807) is 12.4 Å². The van der Waals surface area contributed by atoms with Crippen molar-refractivity contribution in [2.75, 3.05) is 6.61 Å². The van der Waals surface area contributed by atoms with E-state index < -0.39 is 5.60 Å². The summed E-state index contributed by atoms with van der Waals surface area (Å²) in [4.78, 5) is 4.16. The van der Waals surface area contributed by atoms with Crippen molar-refractivity contribution in [3.63, 3.8) is 0 Å². The average molecular weight is 235 g/mol. The molecular weight excluding hydrogens is 214 g/mol. The van der Waals surface area contributed by atoms with Gasteiger partial charge < -0.3 is 9.84 Å². The Morgan fingerprint density at radius 1 is 1.47 bits per heavy atom. The van der Waals surface area contributed by atoms with Gasteiger partial charge in [0, 0.05) is 11.8 Å². The van der Waals surface area contributed by atoms with E-state index in [-0.39, 0.29) is 0 Å². The Kier molecular flexibility index (Phi) is 3.67. The molecule has 1 heterocycles. The van der Waals surface area contributed by atoms with Crippen LogP contribution in [-0.4, -0.2) is 16.7 Å². The van der Waals surface area contributed by atoms with Crippen LogP contribution in [0.15, 0.2) is 18.5 Å². The molecule has 3 heteroatoms. The predicted molar refractivity (Wildman–Crippen MR) is 66.9 cm³/mol. The molecule has 0 bridgehead atoms. The third-order valence-corrected chi connectivity index (χ3v) is 3.73. The molecule has 2 unspecified atom stereocenters. The lowest BCUT2D eigenvalue weighted by atomic mass is 9.92. The van der Waals surface area contributed by atoms with E-state index in [9.17, 15) is 5.11 Å². The molecular formula is C14H21NO2. The number of rotatable bonds is 4. The minimum Gasteiger partial charge on any atom is -0.492 e. The summed E-state index contributed by atoms with van der Waals surface area (Å²) in [5, 5.41) is 10.7. The fourth-order valence-corrected chi connectivity index (χ4v) is 2.65. The van der Waals surface area contributed by atoms with Gasteiger partial charge in [-0.25, -0.2) is 0 Å². The first-order valence-electron chi connectivity index (χ1n) is 6.48. The van der Waals surface area contributed by atoms with Crippen molar-refractivity contribution < 1.29 is 9.84 Å². The lowest BCUT2D eigenvalue weighted by Gasteiger charge is -2.23. The van der Waals surface area contributed by atoms with Crippen molar-refractivity contribution in [3.8, 4) is 5.75 Å². The van der Waals surface area contributed by atoms with Crippen molar-refractivity contribution in [1.82, 2.24) is 4.98 Å². The normalized spacial score (nSPS) is 28.3. The maximum absolute atomic E-state index is 10.7. The average Bonchev–Trinajstić information content (AvgIpc) is 2.74. The van der Waals surface area contributed by atoms with Crippen molar-refractivity contribution in [1.29, 1.82) is 0 Å². The van der Waals surface area contributed by atoms with Crippen molar-refractivity contribution >= 4 is 0 Å². The van der Waals surface area contributed by atoms with E-state index in [1.165, 1.54) is 0 Å². The standard InChI is InChI=1S/C14H21NO2/c1-3-11-5-6-14(16,8-11)12-7-13(17-4-2)10-15-9-12/h7,9-11,16H,3-6,8H2,1-2H3. The predicted octanol–water partition coefficient (Wildman–Crippen LogP) is 2.88. The second kappa shape index (κ2) is 5.05.